The van der Waals surface area contributed by atoms with Crippen molar-refractivity contribution in [3.8, 4) is 11.5 Å². The van der Waals surface area contributed by atoms with E-state index in [4.69, 9.17) is 14.6 Å². The van der Waals surface area contributed by atoms with E-state index in [1.54, 1.807) is 21.0 Å². The van der Waals surface area contributed by atoms with Crippen LogP contribution in [0.3, 0.4) is 0 Å². The third kappa shape index (κ3) is 4.16. The fourth-order valence-corrected chi connectivity index (χ4v) is 1.57. The maximum Gasteiger partial charge on any atom is 0.309 e. The molecule has 1 aromatic carbocycles. The molecule has 0 saturated carbocycles. The number of ether oxygens (including phenoxy) is 2. The molecule has 1 N–H and O–H groups in total. The molecular weight excluding hydrogens is 244 g/mol. The van der Waals surface area contributed by atoms with E-state index in [9.17, 15) is 4.79 Å². The molecule has 0 saturated heterocycles. The summed E-state index contributed by atoms with van der Waals surface area (Å²) in [5.41, 5.74) is 0.395. The molecule has 0 unspecified atom stereocenters. The minimum Gasteiger partial charge on any atom is -0.493 e. The van der Waals surface area contributed by atoms with Crippen molar-refractivity contribution in [3.05, 3.63) is 23.8 Å². The summed E-state index contributed by atoms with van der Waals surface area (Å²) in [6, 6.07) is 5.79. The van der Waals surface area contributed by atoms with Crippen molar-refractivity contribution >= 4 is 5.97 Å². The van der Waals surface area contributed by atoms with Crippen molar-refractivity contribution in [1.82, 2.24) is 0 Å². The highest BCUT2D eigenvalue weighted by atomic mass is 16.5. The lowest BCUT2D eigenvalue weighted by Crippen LogP contribution is -2.25. The average molecular weight is 266 g/mol. The van der Waals surface area contributed by atoms with Crippen LogP contribution in [0.15, 0.2) is 18.2 Å². The molecule has 19 heavy (non-hydrogen) atoms. The van der Waals surface area contributed by atoms with Gasteiger partial charge in [-0.3, -0.25) is 4.79 Å². The molecule has 0 aromatic heterocycles. The smallest absolute Gasteiger partial charge is 0.309 e. The number of carboxylic acid groups (broad SMARTS) is 1. The Morgan fingerprint density at radius 1 is 1.32 bits per heavy atom. The van der Waals surface area contributed by atoms with Gasteiger partial charge in [0, 0.05) is 0 Å². The van der Waals surface area contributed by atoms with Gasteiger partial charge in [-0.25, -0.2) is 0 Å². The number of rotatable bonds is 7. The zero-order valence-electron chi connectivity index (χ0n) is 12.0. The Kier molecular flexibility index (Phi) is 5.21. The molecule has 1 rings (SSSR count). The van der Waals surface area contributed by atoms with Gasteiger partial charge in [0.05, 0.1) is 19.1 Å². The molecule has 4 nitrogen and oxygen atoms in total. The van der Waals surface area contributed by atoms with Crippen LogP contribution in [0.1, 0.15) is 32.8 Å². The number of hydrogen-bond acceptors (Lipinski definition) is 3. The summed E-state index contributed by atoms with van der Waals surface area (Å²) in [4.78, 5) is 11.0. The number of aryl methyl sites for hydroxylation is 1. The summed E-state index contributed by atoms with van der Waals surface area (Å²) in [5, 5.41) is 9.03. The lowest BCUT2D eigenvalue weighted by atomic mass is 9.90. The monoisotopic (exact) mass is 266 g/mol. The van der Waals surface area contributed by atoms with Gasteiger partial charge in [-0.2, -0.15) is 0 Å². The number of methoxy groups -OCH3 is 1. The van der Waals surface area contributed by atoms with E-state index in [2.05, 4.69) is 6.92 Å². The second-order valence-corrected chi connectivity index (χ2v) is 5.13. The van der Waals surface area contributed by atoms with Gasteiger partial charge in [-0.05, 0) is 44.4 Å². The Balaban J connectivity index is 2.65. The number of hydrogen-bond donors (Lipinski definition) is 1. The van der Waals surface area contributed by atoms with E-state index in [0.29, 0.717) is 24.5 Å². The first kappa shape index (κ1) is 15.3. The Bertz CT molecular complexity index is 438. The molecule has 0 bridgehead atoms. The fraction of sp³-hybridized carbons (Fsp3) is 0.533. The summed E-state index contributed by atoms with van der Waals surface area (Å²) >= 11 is 0. The third-order valence-corrected chi connectivity index (χ3v) is 3.20. The van der Waals surface area contributed by atoms with E-state index < -0.39 is 11.4 Å². The van der Waals surface area contributed by atoms with Crippen LogP contribution in [0.5, 0.6) is 11.5 Å². The van der Waals surface area contributed by atoms with Crippen molar-refractivity contribution in [2.75, 3.05) is 13.7 Å². The molecule has 0 heterocycles. The highest BCUT2D eigenvalue weighted by Gasteiger charge is 2.26. The Hall–Kier alpha value is -1.71. The fourth-order valence-electron chi connectivity index (χ4n) is 1.57. The molecule has 0 amide bonds. The molecule has 106 valence electrons. The molecule has 0 fully saturated rings. The molecule has 0 aliphatic rings. The Morgan fingerprint density at radius 3 is 2.53 bits per heavy atom. The van der Waals surface area contributed by atoms with Crippen molar-refractivity contribution in [2.24, 2.45) is 5.41 Å². The topological polar surface area (TPSA) is 55.8 Å². The van der Waals surface area contributed by atoms with E-state index >= 15 is 0 Å². The van der Waals surface area contributed by atoms with Crippen molar-refractivity contribution < 1.29 is 19.4 Å². The third-order valence-electron chi connectivity index (χ3n) is 3.20. The molecular formula is C15H22O4. The molecule has 0 aliphatic heterocycles. The van der Waals surface area contributed by atoms with Gasteiger partial charge in [0.15, 0.2) is 11.5 Å². The van der Waals surface area contributed by atoms with Crippen LogP contribution < -0.4 is 9.47 Å². The molecule has 0 radical (unpaired) electrons. The minimum atomic E-state index is -0.815. The summed E-state index contributed by atoms with van der Waals surface area (Å²) < 4.78 is 10.9. The summed E-state index contributed by atoms with van der Waals surface area (Å²) in [6.45, 7) is 5.80. The first-order chi connectivity index (χ1) is 8.90. The molecule has 4 heteroatoms. The summed E-state index contributed by atoms with van der Waals surface area (Å²) in [5.74, 6) is 0.526. The van der Waals surface area contributed by atoms with Crippen molar-refractivity contribution in [2.45, 2.75) is 33.6 Å². The normalized spacial score (nSPS) is 11.2. The Labute approximate surface area is 114 Å². The first-order valence-electron chi connectivity index (χ1n) is 6.44. The Morgan fingerprint density at radius 2 is 2.00 bits per heavy atom. The van der Waals surface area contributed by atoms with Crippen LogP contribution in [0.4, 0.5) is 0 Å². The zero-order valence-corrected chi connectivity index (χ0v) is 12.0. The van der Waals surface area contributed by atoms with Crippen LogP contribution in [0, 0.1) is 5.41 Å². The lowest BCUT2D eigenvalue weighted by molar-refractivity contribution is -0.147. The van der Waals surface area contributed by atoms with Gasteiger partial charge < -0.3 is 14.6 Å². The second-order valence-electron chi connectivity index (χ2n) is 5.13. The highest BCUT2D eigenvalue weighted by Crippen LogP contribution is 2.29. The van der Waals surface area contributed by atoms with E-state index in [1.807, 2.05) is 18.2 Å². The van der Waals surface area contributed by atoms with Crippen LogP contribution in [0.25, 0.3) is 0 Å². The number of carbonyl (C=O) groups is 1. The van der Waals surface area contributed by atoms with Crippen LogP contribution in [0.2, 0.25) is 0 Å². The largest absolute Gasteiger partial charge is 0.493 e. The minimum absolute atomic E-state index is 0.348. The van der Waals surface area contributed by atoms with Gasteiger partial charge in [0.1, 0.15) is 0 Å². The predicted octanol–water partition coefficient (Wildman–Crippen LogP) is 3.14. The van der Waals surface area contributed by atoms with Gasteiger partial charge in [0.2, 0.25) is 0 Å². The van der Waals surface area contributed by atoms with Gasteiger partial charge in [-0.1, -0.05) is 13.0 Å². The number of aliphatic carboxylic acids is 1. The van der Waals surface area contributed by atoms with Gasteiger partial charge >= 0.3 is 5.97 Å². The molecule has 0 aliphatic carbocycles. The summed E-state index contributed by atoms with van der Waals surface area (Å²) in [7, 11) is 1.60. The van der Waals surface area contributed by atoms with Crippen LogP contribution >= 0.6 is 0 Å². The van der Waals surface area contributed by atoms with Crippen molar-refractivity contribution in [3.63, 3.8) is 0 Å². The highest BCUT2D eigenvalue weighted by molar-refractivity contribution is 5.73. The molecule has 1 aromatic rings. The van der Waals surface area contributed by atoms with Crippen LogP contribution in [-0.4, -0.2) is 24.8 Å². The van der Waals surface area contributed by atoms with Gasteiger partial charge in [-0.15, -0.1) is 0 Å². The number of benzene rings is 1. The van der Waals surface area contributed by atoms with Gasteiger partial charge in [0.25, 0.3) is 0 Å². The quantitative estimate of drug-likeness (QED) is 0.823. The molecule has 0 spiro atoms. The van der Waals surface area contributed by atoms with E-state index in [0.717, 1.165) is 6.42 Å². The number of carboxylic acids is 1. The first-order valence-corrected chi connectivity index (χ1v) is 6.44. The SMILES string of the molecule is CCc1ccc(OCCC(C)(C)C(=O)O)c(OC)c1. The van der Waals surface area contributed by atoms with E-state index in [1.165, 1.54) is 5.56 Å². The van der Waals surface area contributed by atoms with Crippen LogP contribution in [-0.2, 0) is 11.2 Å². The average Bonchev–Trinajstić information content (AvgIpc) is 2.38. The van der Waals surface area contributed by atoms with E-state index in [-0.39, 0.29) is 0 Å². The standard InChI is InChI=1S/C15H22O4/c1-5-11-6-7-12(13(10-11)18-4)19-9-8-15(2,3)14(16)17/h6-7,10H,5,8-9H2,1-4H3,(H,16,17). The maximum atomic E-state index is 11.0. The second kappa shape index (κ2) is 6.45. The molecule has 0 atom stereocenters. The lowest BCUT2D eigenvalue weighted by Gasteiger charge is -2.19. The van der Waals surface area contributed by atoms with Crippen molar-refractivity contribution in [1.29, 1.82) is 0 Å². The predicted molar refractivity (Wildman–Crippen MR) is 73.9 cm³/mol. The maximum absolute atomic E-state index is 11.0. The zero-order chi connectivity index (χ0) is 14.5. The summed E-state index contributed by atoms with van der Waals surface area (Å²) in [6.07, 6.45) is 1.38.